The maximum Gasteiger partial charge on any atom is 0.168 e. The van der Waals surface area contributed by atoms with E-state index in [-0.39, 0.29) is 0 Å². The van der Waals surface area contributed by atoms with Gasteiger partial charge in [0.05, 0.1) is 4.90 Å². The number of benzene rings is 1. The number of thiol groups is 1. The zero-order chi connectivity index (χ0) is 10.6. The number of hydrogen-bond acceptors (Lipinski definition) is 2. The Kier molecular flexibility index (Phi) is 4.14. The first-order valence-electron chi connectivity index (χ1n) is 4.83. The lowest BCUT2D eigenvalue weighted by Crippen LogP contribution is -1.92. The average Bonchev–Trinajstić information content (AvgIpc) is 2.15. The monoisotopic (exact) mass is 212 g/mol. The summed E-state index contributed by atoms with van der Waals surface area (Å²) in [7, 11) is -2.43. The molecule has 0 spiro atoms. The zero-order valence-electron chi connectivity index (χ0n) is 8.56. The van der Waals surface area contributed by atoms with E-state index in [2.05, 4.69) is 13.8 Å². The van der Waals surface area contributed by atoms with E-state index in [4.69, 9.17) is 0 Å². The summed E-state index contributed by atoms with van der Waals surface area (Å²) in [6.07, 6.45) is 2.16. The second-order valence-corrected chi connectivity index (χ2v) is 4.89. The van der Waals surface area contributed by atoms with E-state index < -0.39 is 10.7 Å². The van der Waals surface area contributed by atoms with E-state index in [0.29, 0.717) is 10.8 Å². The molecule has 1 aromatic rings. The van der Waals surface area contributed by atoms with Crippen LogP contribution in [0.25, 0.3) is 0 Å². The summed E-state index contributed by atoms with van der Waals surface area (Å²) in [6.45, 7) is 4.37. The molecule has 0 aliphatic heterocycles. The molecule has 2 nitrogen and oxygen atoms in total. The van der Waals surface area contributed by atoms with Crippen LogP contribution in [0.3, 0.4) is 0 Å². The van der Waals surface area contributed by atoms with E-state index in [1.54, 1.807) is 12.1 Å². The lowest BCUT2D eigenvalue weighted by molar-refractivity contribution is 0.586. The molecule has 0 bridgehead atoms. The molecule has 78 valence electrons. The fraction of sp³-hybridized carbons (Fsp3) is 0.455. The van der Waals surface area contributed by atoms with Crippen LogP contribution < -0.4 is 0 Å². The van der Waals surface area contributed by atoms with Gasteiger partial charge in [-0.15, -0.1) is 0 Å². The minimum absolute atomic E-state index is 0.397. The Bertz CT molecular complexity index is 342. The molecule has 0 atom stereocenters. The van der Waals surface area contributed by atoms with Crippen LogP contribution >= 0.6 is 0 Å². The van der Waals surface area contributed by atoms with Gasteiger partial charge in [0.1, 0.15) is 0 Å². The third-order valence-corrected chi connectivity index (χ3v) is 2.88. The van der Waals surface area contributed by atoms with Gasteiger partial charge in [-0.3, -0.25) is 0 Å². The molecule has 0 aromatic heterocycles. The Morgan fingerprint density at radius 2 is 1.71 bits per heavy atom. The van der Waals surface area contributed by atoms with E-state index in [9.17, 15) is 8.42 Å². The maximum absolute atomic E-state index is 10.6. The van der Waals surface area contributed by atoms with Gasteiger partial charge in [-0.1, -0.05) is 26.0 Å². The first-order valence-corrected chi connectivity index (χ1v) is 6.00. The van der Waals surface area contributed by atoms with Crippen molar-refractivity contribution in [2.75, 3.05) is 0 Å². The Hall–Kier alpha value is -0.830. The average molecular weight is 212 g/mol. The SMILES string of the molecule is CC(C)CCc1ccc([SH](=O)=O)cc1. The van der Waals surface area contributed by atoms with Crippen molar-refractivity contribution < 1.29 is 8.42 Å². The normalized spacial score (nSPS) is 11.1. The molecule has 0 unspecified atom stereocenters. The summed E-state index contributed by atoms with van der Waals surface area (Å²) in [5.41, 5.74) is 1.21. The predicted octanol–water partition coefficient (Wildman–Crippen LogP) is 2.25. The van der Waals surface area contributed by atoms with Crippen LogP contribution in [0.5, 0.6) is 0 Å². The highest BCUT2D eigenvalue weighted by Crippen LogP contribution is 2.10. The summed E-state index contributed by atoms with van der Waals surface area (Å²) in [5.74, 6) is 0.686. The third-order valence-electron chi connectivity index (χ3n) is 2.16. The highest BCUT2D eigenvalue weighted by molar-refractivity contribution is 7.72. The Morgan fingerprint density at radius 1 is 1.14 bits per heavy atom. The molecule has 0 radical (unpaired) electrons. The topological polar surface area (TPSA) is 34.1 Å². The number of rotatable bonds is 4. The molecule has 0 N–H and O–H groups in total. The van der Waals surface area contributed by atoms with Crippen molar-refractivity contribution in [2.45, 2.75) is 31.6 Å². The highest BCUT2D eigenvalue weighted by atomic mass is 32.2. The summed E-state index contributed by atoms with van der Waals surface area (Å²) < 4.78 is 21.2. The molecule has 0 fully saturated rings. The molecule has 3 heteroatoms. The molecule has 14 heavy (non-hydrogen) atoms. The van der Waals surface area contributed by atoms with E-state index in [1.165, 1.54) is 5.56 Å². The van der Waals surface area contributed by atoms with Gasteiger partial charge >= 0.3 is 0 Å². The van der Waals surface area contributed by atoms with Crippen molar-refractivity contribution in [2.24, 2.45) is 5.92 Å². The third kappa shape index (κ3) is 3.50. The number of hydrogen-bond donors (Lipinski definition) is 1. The second kappa shape index (κ2) is 5.15. The lowest BCUT2D eigenvalue weighted by Gasteiger charge is -2.04. The highest BCUT2D eigenvalue weighted by Gasteiger charge is 1.98. The summed E-state index contributed by atoms with van der Waals surface area (Å²) >= 11 is 0. The minimum Gasteiger partial charge on any atom is -0.227 e. The molecular formula is C11H16O2S. The summed E-state index contributed by atoms with van der Waals surface area (Å²) in [4.78, 5) is 0.397. The molecule has 0 amide bonds. The summed E-state index contributed by atoms with van der Waals surface area (Å²) in [6, 6.07) is 7.12. The quantitative estimate of drug-likeness (QED) is 0.777. The van der Waals surface area contributed by atoms with Crippen LogP contribution in [0.4, 0.5) is 0 Å². The second-order valence-electron chi connectivity index (χ2n) is 3.86. The van der Waals surface area contributed by atoms with Gasteiger partial charge in [-0.25, -0.2) is 8.42 Å². The first-order chi connectivity index (χ1) is 6.59. The molecule has 1 rings (SSSR count). The molecule has 0 aliphatic rings. The van der Waals surface area contributed by atoms with E-state index in [0.717, 1.165) is 12.8 Å². The van der Waals surface area contributed by atoms with Crippen molar-refractivity contribution in [3.63, 3.8) is 0 Å². The Labute approximate surface area is 86.9 Å². The van der Waals surface area contributed by atoms with Crippen molar-refractivity contribution in [3.8, 4) is 0 Å². The molecule has 0 saturated carbocycles. The smallest absolute Gasteiger partial charge is 0.168 e. The Morgan fingerprint density at radius 3 is 2.14 bits per heavy atom. The predicted molar refractivity (Wildman–Crippen MR) is 58.2 cm³/mol. The largest absolute Gasteiger partial charge is 0.227 e. The first kappa shape index (κ1) is 11.2. The van der Waals surface area contributed by atoms with Crippen LogP contribution in [0.2, 0.25) is 0 Å². The molecule has 0 heterocycles. The van der Waals surface area contributed by atoms with Gasteiger partial charge < -0.3 is 0 Å². The van der Waals surface area contributed by atoms with Crippen molar-refractivity contribution in [1.29, 1.82) is 0 Å². The molecular weight excluding hydrogens is 196 g/mol. The molecule has 0 saturated heterocycles. The Balaban J connectivity index is 2.64. The van der Waals surface area contributed by atoms with Gasteiger partial charge in [-0.05, 0) is 36.5 Å². The standard InChI is InChI=1S/C11H16O2S/c1-9(2)3-4-10-5-7-11(8-6-10)14(12)13/h5-9,14H,3-4H2,1-2H3. The van der Waals surface area contributed by atoms with Crippen LogP contribution in [0.1, 0.15) is 25.8 Å². The zero-order valence-corrected chi connectivity index (χ0v) is 9.46. The fourth-order valence-corrected chi connectivity index (χ4v) is 1.63. The van der Waals surface area contributed by atoms with Crippen molar-refractivity contribution >= 4 is 10.7 Å². The minimum atomic E-state index is -2.43. The van der Waals surface area contributed by atoms with Crippen LogP contribution in [0.15, 0.2) is 29.2 Å². The van der Waals surface area contributed by atoms with E-state index >= 15 is 0 Å². The van der Waals surface area contributed by atoms with Crippen LogP contribution in [-0.2, 0) is 17.1 Å². The van der Waals surface area contributed by atoms with Crippen LogP contribution in [0, 0.1) is 5.92 Å². The van der Waals surface area contributed by atoms with Crippen molar-refractivity contribution in [1.82, 2.24) is 0 Å². The van der Waals surface area contributed by atoms with E-state index in [1.807, 2.05) is 12.1 Å². The fourth-order valence-electron chi connectivity index (χ4n) is 1.24. The van der Waals surface area contributed by atoms with Gasteiger partial charge in [0.15, 0.2) is 10.7 Å². The van der Waals surface area contributed by atoms with Gasteiger partial charge in [0.25, 0.3) is 0 Å². The maximum atomic E-state index is 10.6. The van der Waals surface area contributed by atoms with Gasteiger partial charge in [0.2, 0.25) is 0 Å². The van der Waals surface area contributed by atoms with Crippen molar-refractivity contribution in [3.05, 3.63) is 29.8 Å². The lowest BCUT2D eigenvalue weighted by atomic mass is 10.0. The number of aryl methyl sites for hydroxylation is 1. The van der Waals surface area contributed by atoms with Gasteiger partial charge in [0, 0.05) is 0 Å². The molecule has 0 aliphatic carbocycles. The molecule has 1 aromatic carbocycles. The van der Waals surface area contributed by atoms with Gasteiger partial charge in [-0.2, -0.15) is 0 Å². The summed E-state index contributed by atoms with van der Waals surface area (Å²) in [5, 5.41) is 0. The van der Waals surface area contributed by atoms with Crippen LogP contribution in [-0.4, -0.2) is 8.42 Å².